The Labute approximate surface area is 145 Å². The Morgan fingerprint density at radius 3 is 2.76 bits per heavy atom. The molecule has 1 spiro atoms. The van der Waals surface area contributed by atoms with Crippen LogP contribution >= 0.6 is 0 Å². The number of carbonyl (C=O) groups is 3. The van der Waals surface area contributed by atoms with Crippen molar-refractivity contribution in [2.24, 2.45) is 5.41 Å². The minimum Gasteiger partial charge on any atom is -0.309 e. The van der Waals surface area contributed by atoms with Gasteiger partial charge in [-0.15, -0.1) is 0 Å². The second-order valence-corrected chi connectivity index (χ2v) is 6.87. The molecule has 8 nitrogen and oxygen atoms in total. The normalized spacial score (nSPS) is 25.8. The Kier molecular flexibility index (Phi) is 3.84. The molecule has 3 aliphatic rings. The fraction of sp³-hybridized carbons (Fsp3) is 0.471. The maximum atomic E-state index is 12.8. The van der Waals surface area contributed by atoms with E-state index in [4.69, 9.17) is 4.84 Å². The molecule has 4 amide bonds. The van der Waals surface area contributed by atoms with Crippen LogP contribution in [0.25, 0.3) is 0 Å². The molecule has 1 aromatic rings. The molecule has 3 fully saturated rings. The number of nitrogens with one attached hydrogen (secondary N) is 2. The van der Waals surface area contributed by atoms with E-state index in [9.17, 15) is 14.4 Å². The van der Waals surface area contributed by atoms with Crippen LogP contribution in [0, 0.1) is 5.41 Å². The lowest BCUT2D eigenvalue weighted by Gasteiger charge is -2.35. The summed E-state index contributed by atoms with van der Waals surface area (Å²) in [7, 11) is 0. The van der Waals surface area contributed by atoms with Crippen molar-refractivity contribution in [1.29, 1.82) is 0 Å². The van der Waals surface area contributed by atoms with E-state index in [1.807, 2.05) is 30.3 Å². The summed E-state index contributed by atoms with van der Waals surface area (Å²) >= 11 is 0. The van der Waals surface area contributed by atoms with Crippen molar-refractivity contribution in [3.8, 4) is 0 Å². The number of nitrogens with zero attached hydrogens (tertiary/aromatic N) is 2. The predicted octanol–water partition coefficient (Wildman–Crippen LogP) is 0.554. The number of carbonyl (C=O) groups excluding carboxylic acids is 3. The van der Waals surface area contributed by atoms with Gasteiger partial charge in [-0.1, -0.05) is 30.3 Å². The number of hydroxylamine groups is 2. The van der Waals surface area contributed by atoms with Gasteiger partial charge in [0.05, 0.1) is 6.04 Å². The highest BCUT2D eigenvalue weighted by molar-refractivity contribution is 5.89. The monoisotopic (exact) mass is 344 g/mol. The van der Waals surface area contributed by atoms with E-state index >= 15 is 0 Å². The van der Waals surface area contributed by atoms with E-state index in [0.717, 1.165) is 18.4 Å². The van der Waals surface area contributed by atoms with Crippen LogP contribution in [0.1, 0.15) is 24.8 Å². The molecule has 2 bridgehead atoms. The third-order valence-corrected chi connectivity index (χ3v) is 5.43. The minimum atomic E-state index is -0.580. The average molecular weight is 344 g/mol. The summed E-state index contributed by atoms with van der Waals surface area (Å²) in [5.41, 5.74) is 5.43. The van der Waals surface area contributed by atoms with Gasteiger partial charge in [0.1, 0.15) is 12.6 Å². The average Bonchev–Trinajstić information content (AvgIpc) is 3.35. The highest BCUT2D eigenvalue weighted by atomic mass is 16.7. The Bertz CT molecular complexity index is 691. The Balaban J connectivity index is 1.49. The third kappa shape index (κ3) is 2.72. The largest absolute Gasteiger partial charge is 0.345 e. The molecule has 2 N–H and O–H groups in total. The smallest absolute Gasteiger partial charge is 0.309 e. The Hall–Kier alpha value is -2.61. The lowest BCUT2D eigenvalue weighted by atomic mass is 9.85. The summed E-state index contributed by atoms with van der Waals surface area (Å²) in [6.07, 6.45) is 2.96. The van der Waals surface area contributed by atoms with Gasteiger partial charge in [-0.3, -0.25) is 25.3 Å². The van der Waals surface area contributed by atoms with E-state index < -0.39 is 6.04 Å². The Morgan fingerprint density at radius 1 is 1.32 bits per heavy atom. The first-order valence-corrected chi connectivity index (χ1v) is 8.40. The van der Waals surface area contributed by atoms with Crippen LogP contribution in [0.5, 0.6) is 0 Å². The highest BCUT2D eigenvalue weighted by Gasteiger charge is 2.64. The molecule has 2 saturated heterocycles. The molecular weight excluding hydrogens is 324 g/mol. The van der Waals surface area contributed by atoms with Crippen LogP contribution < -0.4 is 10.9 Å². The third-order valence-electron chi connectivity index (χ3n) is 5.43. The van der Waals surface area contributed by atoms with E-state index in [1.54, 1.807) is 4.90 Å². The molecule has 25 heavy (non-hydrogen) atoms. The number of urea groups is 1. The van der Waals surface area contributed by atoms with Gasteiger partial charge in [0.25, 0.3) is 5.91 Å². The zero-order valence-corrected chi connectivity index (χ0v) is 13.7. The molecule has 8 heteroatoms. The van der Waals surface area contributed by atoms with Gasteiger partial charge in [0, 0.05) is 6.54 Å². The Morgan fingerprint density at radius 2 is 2.08 bits per heavy atom. The van der Waals surface area contributed by atoms with Crippen LogP contribution in [0.2, 0.25) is 0 Å². The molecular formula is C17H20N4O4. The van der Waals surface area contributed by atoms with Gasteiger partial charge in [0.15, 0.2) is 0 Å². The van der Waals surface area contributed by atoms with Crippen LogP contribution in [-0.4, -0.2) is 46.9 Å². The van der Waals surface area contributed by atoms with Gasteiger partial charge < -0.3 is 4.90 Å². The van der Waals surface area contributed by atoms with Crippen LogP contribution in [-0.2, 0) is 21.0 Å². The molecule has 2 aliphatic heterocycles. The number of piperidine rings is 1. The fourth-order valence-corrected chi connectivity index (χ4v) is 3.91. The van der Waals surface area contributed by atoms with E-state index in [-0.39, 0.29) is 23.4 Å². The number of amides is 4. The summed E-state index contributed by atoms with van der Waals surface area (Å²) < 4.78 is 0. The van der Waals surface area contributed by atoms with Gasteiger partial charge in [-0.2, -0.15) is 5.06 Å². The van der Waals surface area contributed by atoms with Crippen LogP contribution in [0.15, 0.2) is 30.3 Å². The lowest BCUT2D eigenvalue weighted by molar-refractivity contribution is -0.153. The van der Waals surface area contributed by atoms with Crippen molar-refractivity contribution >= 4 is 18.3 Å². The van der Waals surface area contributed by atoms with Gasteiger partial charge in [-0.25, -0.2) is 4.79 Å². The standard InChI is InChI=1S/C17H20N4O4/c22-11-18-19-15(23)13-8-17(6-7-17)14-9-20(13)16(24)21(14)25-10-12-4-2-1-3-5-12/h1-5,11,13-14H,6-10H2,(H,18,22)(H,19,23)/t13-,14+/m0/s1. The number of hydrogen-bond donors (Lipinski definition) is 2. The molecule has 0 unspecified atom stereocenters. The zero-order valence-electron chi connectivity index (χ0n) is 13.7. The molecule has 1 aliphatic carbocycles. The topological polar surface area (TPSA) is 91.0 Å². The molecule has 132 valence electrons. The number of rotatable bonds is 6. The molecule has 1 saturated carbocycles. The van der Waals surface area contributed by atoms with Gasteiger partial charge in [0.2, 0.25) is 6.41 Å². The van der Waals surface area contributed by atoms with Crippen molar-refractivity contribution in [3.63, 3.8) is 0 Å². The number of fused-ring (bicyclic) bond motifs is 3. The lowest BCUT2D eigenvalue weighted by Crippen LogP contribution is -2.55. The second kappa shape index (κ2) is 6.03. The molecule has 0 radical (unpaired) electrons. The first-order valence-electron chi connectivity index (χ1n) is 8.40. The van der Waals surface area contributed by atoms with E-state index in [0.29, 0.717) is 26.0 Å². The quantitative estimate of drug-likeness (QED) is 0.583. The van der Waals surface area contributed by atoms with Crippen molar-refractivity contribution in [2.75, 3.05) is 6.54 Å². The number of hydrogen-bond acceptors (Lipinski definition) is 4. The van der Waals surface area contributed by atoms with Gasteiger partial charge in [-0.05, 0) is 30.2 Å². The summed E-state index contributed by atoms with van der Waals surface area (Å²) in [6, 6.07) is 8.79. The van der Waals surface area contributed by atoms with Crippen LogP contribution in [0.4, 0.5) is 4.79 Å². The van der Waals surface area contributed by atoms with Crippen LogP contribution in [0.3, 0.4) is 0 Å². The maximum absolute atomic E-state index is 12.8. The first-order chi connectivity index (χ1) is 12.1. The summed E-state index contributed by atoms with van der Waals surface area (Å²) in [5, 5.41) is 1.46. The van der Waals surface area contributed by atoms with E-state index in [1.165, 1.54) is 5.06 Å². The summed E-state index contributed by atoms with van der Waals surface area (Å²) in [4.78, 5) is 42.8. The zero-order chi connectivity index (χ0) is 17.4. The molecule has 0 aromatic heterocycles. The maximum Gasteiger partial charge on any atom is 0.345 e. The predicted molar refractivity (Wildman–Crippen MR) is 86.4 cm³/mol. The molecule has 2 heterocycles. The fourth-order valence-electron chi connectivity index (χ4n) is 3.91. The summed E-state index contributed by atoms with van der Waals surface area (Å²) in [5.74, 6) is -0.366. The van der Waals surface area contributed by atoms with Crippen molar-refractivity contribution < 1.29 is 19.2 Å². The van der Waals surface area contributed by atoms with Crippen molar-refractivity contribution in [1.82, 2.24) is 20.8 Å². The first kappa shape index (κ1) is 15.9. The summed E-state index contributed by atoms with van der Waals surface area (Å²) in [6.45, 7) is 0.795. The van der Waals surface area contributed by atoms with E-state index in [2.05, 4.69) is 10.9 Å². The minimum absolute atomic E-state index is 0.0215. The molecule has 4 rings (SSSR count). The van der Waals surface area contributed by atoms with Crippen molar-refractivity contribution in [2.45, 2.75) is 38.0 Å². The van der Waals surface area contributed by atoms with Crippen molar-refractivity contribution in [3.05, 3.63) is 35.9 Å². The van der Waals surface area contributed by atoms with Gasteiger partial charge >= 0.3 is 6.03 Å². The number of benzene rings is 1. The number of hydrazine groups is 1. The second-order valence-electron chi connectivity index (χ2n) is 6.87. The highest BCUT2D eigenvalue weighted by Crippen LogP contribution is 2.59. The molecule has 1 aromatic carbocycles. The SMILES string of the molecule is O=CNNC(=O)[C@@H]1CC2(CC2)[C@H]2CN1C(=O)N2OCc1ccccc1. The molecule has 2 atom stereocenters.